The number of carbonyl (C=O) groups excluding carboxylic acids is 1. The Kier molecular flexibility index (Phi) is 6.73. The molecule has 0 unspecified atom stereocenters. The lowest BCUT2D eigenvalue weighted by atomic mass is 10.0. The number of anilines is 2. The zero-order valence-corrected chi connectivity index (χ0v) is 20.8. The molecule has 1 aliphatic heterocycles. The Labute approximate surface area is 211 Å². The molecule has 15 heteroatoms. The van der Waals surface area contributed by atoms with E-state index in [1.807, 2.05) is 0 Å². The summed E-state index contributed by atoms with van der Waals surface area (Å²) in [4.78, 5) is 19.9. The Morgan fingerprint density at radius 2 is 1.76 bits per heavy atom. The van der Waals surface area contributed by atoms with Gasteiger partial charge in [0.05, 0.1) is 15.5 Å². The molecule has 0 fully saturated rings. The summed E-state index contributed by atoms with van der Waals surface area (Å²) in [7, 11) is -3.66. The number of thiophene rings is 1. The summed E-state index contributed by atoms with van der Waals surface area (Å²) in [5.41, 5.74) is 0.273. The van der Waals surface area contributed by atoms with Crippen LogP contribution in [0.5, 0.6) is 0 Å². The van der Waals surface area contributed by atoms with Crippen molar-refractivity contribution in [3.05, 3.63) is 52.0 Å². The van der Waals surface area contributed by atoms with E-state index in [0.717, 1.165) is 23.7 Å². The van der Waals surface area contributed by atoms with Crippen LogP contribution in [0.15, 0.2) is 34.7 Å². The molecule has 1 aromatic carbocycles. The highest BCUT2D eigenvalue weighted by Gasteiger charge is 2.44. The van der Waals surface area contributed by atoms with Gasteiger partial charge in [-0.2, -0.15) is 26.3 Å². The molecule has 0 radical (unpaired) electrons. The fourth-order valence-corrected chi connectivity index (χ4v) is 5.85. The van der Waals surface area contributed by atoms with E-state index in [1.165, 1.54) is 11.4 Å². The number of amides is 1. The molecule has 0 aliphatic carbocycles. The summed E-state index contributed by atoms with van der Waals surface area (Å²) >= 11 is 0.777. The smallest absolute Gasteiger partial charge is 0.326 e. The predicted octanol–water partition coefficient (Wildman–Crippen LogP) is 5.34. The van der Waals surface area contributed by atoms with Crippen LogP contribution in [0, 0.1) is 0 Å². The second-order valence-corrected chi connectivity index (χ2v) is 11.2. The zero-order chi connectivity index (χ0) is 27.3. The maximum atomic E-state index is 13.7. The Balaban J connectivity index is 1.71. The number of rotatable bonds is 5. The van der Waals surface area contributed by atoms with E-state index >= 15 is 0 Å². The van der Waals surface area contributed by atoms with Crippen molar-refractivity contribution < 1.29 is 39.6 Å². The van der Waals surface area contributed by atoms with E-state index in [4.69, 9.17) is 0 Å². The molecule has 0 atom stereocenters. The fraction of sp³-hybridized carbons (Fsp3) is 0.318. The van der Waals surface area contributed by atoms with Crippen LogP contribution < -0.4 is 5.32 Å². The first-order valence-electron chi connectivity index (χ1n) is 10.6. The number of sulfone groups is 1. The van der Waals surface area contributed by atoms with Gasteiger partial charge in [0, 0.05) is 36.6 Å². The monoisotopic (exact) mass is 564 g/mol. The van der Waals surface area contributed by atoms with Crippen molar-refractivity contribution in [2.75, 3.05) is 11.6 Å². The fourth-order valence-electron chi connectivity index (χ4n) is 3.83. The van der Waals surface area contributed by atoms with Crippen LogP contribution in [0.1, 0.15) is 29.2 Å². The highest BCUT2D eigenvalue weighted by atomic mass is 32.2. The molecular weight excluding hydrogens is 546 g/mol. The summed E-state index contributed by atoms with van der Waals surface area (Å²) in [6.45, 7) is 1.27. The molecule has 198 valence electrons. The van der Waals surface area contributed by atoms with Gasteiger partial charge in [-0.15, -0.1) is 11.3 Å². The second kappa shape index (κ2) is 9.28. The number of carbonyl (C=O) groups is 1. The van der Waals surface area contributed by atoms with Gasteiger partial charge < -0.3 is 10.2 Å². The number of halogens is 6. The number of benzene rings is 1. The van der Waals surface area contributed by atoms with Gasteiger partial charge in [0.15, 0.2) is 9.84 Å². The molecule has 4 rings (SSSR count). The van der Waals surface area contributed by atoms with Gasteiger partial charge in [-0.1, -0.05) is 13.0 Å². The third-order valence-corrected chi connectivity index (χ3v) is 7.81. The number of nitrogens with zero attached hydrogens (tertiary/aromatic N) is 3. The normalized spacial score (nSPS) is 14.1. The van der Waals surface area contributed by atoms with E-state index in [1.54, 1.807) is 13.0 Å². The van der Waals surface area contributed by atoms with Gasteiger partial charge in [-0.25, -0.2) is 18.4 Å². The highest BCUT2D eigenvalue weighted by molar-refractivity contribution is 7.90. The number of hydrogen-bond acceptors (Lipinski definition) is 7. The standard InChI is InChI=1S/C22H18F6N4O3S2/c1-3-11-4-12-8-32(19(33)22(26,27)28)9-13(12)5-16(11)30-20-29-7-15(21(23,24)25)18(31-20)17-6-14(10-36-17)37(2,34)35/h4-7,10H,3,8-9H2,1-2H3,(H,29,30,31). The molecule has 1 amide bonds. The maximum Gasteiger partial charge on any atom is 0.471 e. The maximum absolute atomic E-state index is 13.7. The highest BCUT2D eigenvalue weighted by Crippen LogP contribution is 2.39. The lowest BCUT2D eigenvalue weighted by Gasteiger charge is -2.16. The lowest BCUT2D eigenvalue weighted by molar-refractivity contribution is -0.186. The van der Waals surface area contributed by atoms with Gasteiger partial charge in [0.1, 0.15) is 5.56 Å². The molecule has 0 spiro atoms. The molecule has 1 N–H and O–H groups in total. The Hall–Kier alpha value is -3.20. The minimum Gasteiger partial charge on any atom is -0.326 e. The van der Waals surface area contributed by atoms with Gasteiger partial charge in [-0.3, -0.25) is 4.79 Å². The first kappa shape index (κ1) is 26.9. The van der Waals surface area contributed by atoms with Gasteiger partial charge in [0.25, 0.3) is 0 Å². The van der Waals surface area contributed by atoms with E-state index < -0.39 is 39.4 Å². The van der Waals surface area contributed by atoms with Crippen molar-refractivity contribution in [2.45, 2.75) is 43.7 Å². The number of alkyl halides is 6. The third kappa shape index (κ3) is 5.56. The average Bonchev–Trinajstić information content (AvgIpc) is 3.43. The average molecular weight is 565 g/mol. The van der Waals surface area contributed by atoms with E-state index in [-0.39, 0.29) is 28.8 Å². The van der Waals surface area contributed by atoms with Crippen molar-refractivity contribution in [1.82, 2.24) is 14.9 Å². The number of aryl methyl sites for hydroxylation is 1. The molecule has 7 nitrogen and oxygen atoms in total. The number of aromatic nitrogens is 2. The first-order chi connectivity index (χ1) is 17.1. The van der Waals surface area contributed by atoms with Crippen LogP contribution in [-0.2, 0) is 40.3 Å². The van der Waals surface area contributed by atoms with Crippen LogP contribution in [0.2, 0.25) is 0 Å². The third-order valence-electron chi connectivity index (χ3n) is 5.64. The Morgan fingerprint density at radius 1 is 1.11 bits per heavy atom. The van der Waals surface area contributed by atoms with Crippen LogP contribution in [0.25, 0.3) is 10.6 Å². The van der Waals surface area contributed by atoms with Gasteiger partial charge in [0.2, 0.25) is 5.95 Å². The Morgan fingerprint density at radius 3 is 2.30 bits per heavy atom. The van der Waals surface area contributed by atoms with Crippen molar-refractivity contribution in [1.29, 1.82) is 0 Å². The van der Waals surface area contributed by atoms with Crippen molar-refractivity contribution in [3.8, 4) is 10.6 Å². The first-order valence-corrected chi connectivity index (χ1v) is 13.4. The molecule has 2 aromatic heterocycles. The van der Waals surface area contributed by atoms with Crippen LogP contribution in [0.3, 0.4) is 0 Å². The minimum absolute atomic E-state index is 0.0378. The van der Waals surface area contributed by atoms with Crippen molar-refractivity contribution in [2.24, 2.45) is 0 Å². The Bertz CT molecular complexity index is 1480. The minimum atomic E-state index is -5.01. The molecular formula is C22H18F6N4O3S2. The summed E-state index contributed by atoms with van der Waals surface area (Å²) < 4.78 is 103. The number of fused-ring (bicyclic) bond motifs is 1. The molecule has 37 heavy (non-hydrogen) atoms. The summed E-state index contributed by atoms with van der Waals surface area (Å²) in [5, 5.41) is 4.04. The molecule has 0 bridgehead atoms. The number of hydrogen-bond donors (Lipinski definition) is 1. The number of nitrogens with one attached hydrogen (secondary N) is 1. The lowest BCUT2D eigenvalue weighted by Crippen LogP contribution is -2.37. The van der Waals surface area contributed by atoms with Crippen molar-refractivity contribution in [3.63, 3.8) is 0 Å². The van der Waals surface area contributed by atoms with Gasteiger partial charge >= 0.3 is 18.3 Å². The molecule has 3 heterocycles. The summed E-state index contributed by atoms with van der Waals surface area (Å²) in [6.07, 6.45) is -7.91. The zero-order valence-electron chi connectivity index (χ0n) is 19.2. The van der Waals surface area contributed by atoms with Gasteiger partial charge in [-0.05, 0) is 35.2 Å². The molecule has 0 saturated carbocycles. The van der Waals surface area contributed by atoms with Crippen molar-refractivity contribution >= 4 is 38.7 Å². The largest absolute Gasteiger partial charge is 0.471 e. The van der Waals surface area contributed by atoms with E-state index in [2.05, 4.69) is 15.3 Å². The SMILES string of the molecule is CCc1cc2c(cc1Nc1ncc(C(F)(F)F)c(-c3cc(S(C)(=O)=O)cs3)n1)CN(C(=O)C(F)(F)F)C2. The van der Waals surface area contributed by atoms with Crippen LogP contribution in [0.4, 0.5) is 38.0 Å². The quantitative estimate of drug-likeness (QED) is 0.421. The van der Waals surface area contributed by atoms with Crippen LogP contribution in [-0.4, -0.2) is 41.6 Å². The topological polar surface area (TPSA) is 92.3 Å². The summed E-state index contributed by atoms with van der Waals surface area (Å²) in [6, 6.07) is 4.25. The molecule has 0 saturated heterocycles. The molecule has 1 aliphatic rings. The second-order valence-electron chi connectivity index (χ2n) is 8.29. The molecule has 3 aromatic rings. The predicted molar refractivity (Wildman–Crippen MR) is 123 cm³/mol. The van der Waals surface area contributed by atoms with E-state index in [9.17, 15) is 39.6 Å². The summed E-state index contributed by atoms with van der Waals surface area (Å²) in [5.74, 6) is -2.19. The van der Waals surface area contributed by atoms with E-state index in [0.29, 0.717) is 39.9 Å². The van der Waals surface area contributed by atoms with Crippen LogP contribution >= 0.6 is 11.3 Å².